The Morgan fingerprint density at radius 2 is 1.89 bits per heavy atom. The summed E-state index contributed by atoms with van der Waals surface area (Å²) in [5.74, 6) is 2.69. The average Bonchev–Trinajstić information content (AvgIpc) is 2.37. The minimum Gasteiger partial charge on any atom is -0.486 e. The molecular formula is C14H21NO2S. The van der Waals surface area contributed by atoms with E-state index >= 15 is 0 Å². The van der Waals surface area contributed by atoms with Crippen LogP contribution in [0, 0.1) is 6.92 Å². The van der Waals surface area contributed by atoms with Gasteiger partial charge in [0.25, 0.3) is 0 Å². The highest BCUT2D eigenvalue weighted by Gasteiger charge is 2.14. The van der Waals surface area contributed by atoms with Gasteiger partial charge < -0.3 is 14.4 Å². The van der Waals surface area contributed by atoms with E-state index in [0.717, 1.165) is 36.8 Å². The summed E-state index contributed by atoms with van der Waals surface area (Å²) >= 11 is 4.24. The van der Waals surface area contributed by atoms with Crippen LogP contribution in [0.25, 0.3) is 0 Å². The van der Waals surface area contributed by atoms with E-state index in [4.69, 9.17) is 9.47 Å². The first-order valence-corrected chi connectivity index (χ1v) is 7.02. The molecule has 1 aliphatic heterocycles. The van der Waals surface area contributed by atoms with Crippen LogP contribution in [0.1, 0.15) is 17.5 Å². The molecule has 0 aliphatic carbocycles. The molecule has 0 N–H and O–H groups in total. The van der Waals surface area contributed by atoms with E-state index in [0.29, 0.717) is 13.2 Å². The van der Waals surface area contributed by atoms with Crippen molar-refractivity contribution in [2.45, 2.75) is 19.9 Å². The molecule has 1 heterocycles. The van der Waals surface area contributed by atoms with Crippen molar-refractivity contribution in [1.82, 2.24) is 4.90 Å². The van der Waals surface area contributed by atoms with E-state index in [1.807, 2.05) is 0 Å². The predicted molar refractivity (Wildman–Crippen MR) is 77.0 cm³/mol. The highest BCUT2D eigenvalue weighted by atomic mass is 32.1. The molecular weight excluding hydrogens is 246 g/mol. The number of benzene rings is 1. The minimum atomic E-state index is 0.644. The Morgan fingerprint density at radius 3 is 2.56 bits per heavy atom. The molecule has 1 aliphatic rings. The highest BCUT2D eigenvalue weighted by molar-refractivity contribution is 7.80. The minimum absolute atomic E-state index is 0.644. The van der Waals surface area contributed by atoms with Gasteiger partial charge in [-0.25, -0.2) is 0 Å². The summed E-state index contributed by atoms with van der Waals surface area (Å²) < 4.78 is 11.2. The van der Waals surface area contributed by atoms with Crippen LogP contribution < -0.4 is 9.47 Å². The first-order chi connectivity index (χ1) is 8.70. The number of aryl methyl sites for hydroxylation is 1. The monoisotopic (exact) mass is 267 g/mol. The lowest BCUT2D eigenvalue weighted by molar-refractivity contribution is 0.171. The van der Waals surface area contributed by atoms with Crippen molar-refractivity contribution in [3.8, 4) is 11.5 Å². The van der Waals surface area contributed by atoms with Crippen LogP contribution in [0.15, 0.2) is 12.1 Å². The summed E-state index contributed by atoms with van der Waals surface area (Å²) in [7, 11) is 2.14. The quantitative estimate of drug-likeness (QED) is 0.829. The average molecular weight is 267 g/mol. The van der Waals surface area contributed by atoms with Crippen molar-refractivity contribution in [2.75, 3.05) is 32.6 Å². The van der Waals surface area contributed by atoms with Gasteiger partial charge in [-0.1, -0.05) is 0 Å². The number of hydrogen-bond donors (Lipinski definition) is 1. The molecule has 0 spiro atoms. The van der Waals surface area contributed by atoms with Gasteiger partial charge in [-0.2, -0.15) is 12.6 Å². The fourth-order valence-corrected chi connectivity index (χ4v) is 2.25. The molecule has 0 amide bonds. The molecule has 0 unspecified atom stereocenters. The largest absolute Gasteiger partial charge is 0.486 e. The standard InChI is InChI=1S/C14H21NO2S/c1-11-8-13-14(17-6-5-16-13)9-12(11)10-15(2)4-3-7-18/h8-9,18H,3-7,10H2,1-2H3. The van der Waals surface area contributed by atoms with Crippen LogP contribution in [-0.2, 0) is 6.54 Å². The Kier molecular flexibility index (Phi) is 4.78. The third-order valence-corrected chi connectivity index (χ3v) is 3.46. The molecule has 0 atom stereocenters. The third kappa shape index (κ3) is 3.33. The molecule has 1 aromatic carbocycles. The van der Waals surface area contributed by atoms with Crippen LogP contribution in [0.5, 0.6) is 11.5 Å². The second kappa shape index (κ2) is 6.34. The Bertz CT molecular complexity index is 409. The molecule has 18 heavy (non-hydrogen) atoms. The maximum absolute atomic E-state index is 5.63. The van der Waals surface area contributed by atoms with Gasteiger partial charge in [0.1, 0.15) is 13.2 Å². The van der Waals surface area contributed by atoms with Crippen LogP contribution in [0.2, 0.25) is 0 Å². The Morgan fingerprint density at radius 1 is 1.22 bits per heavy atom. The summed E-state index contributed by atoms with van der Waals surface area (Å²) in [6.45, 7) is 5.42. The summed E-state index contributed by atoms with van der Waals surface area (Å²) in [6.07, 6.45) is 1.11. The summed E-state index contributed by atoms with van der Waals surface area (Å²) in [4.78, 5) is 2.31. The summed E-state index contributed by atoms with van der Waals surface area (Å²) in [5, 5.41) is 0. The number of thiol groups is 1. The van der Waals surface area contributed by atoms with E-state index < -0.39 is 0 Å². The molecule has 4 heteroatoms. The van der Waals surface area contributed by atoms with Gasteiger partial charge in [-0.05, 0) is 55.9 Å². The lowest BCUT2D eigenvalue weighted by atomic mass is 10.1. The van der Waals surface area contributed by atoms with Gasteiger partial charge in [0.2, 0.25) is 0 Å². The number of ether oxygens (including phenoxy) is 2. The molecule has 1 aromatic rings. The van der Waals surface area contributed by atoms with E-state index in [1.54, 1.807) is 0 Å². The van der Waals surface area contributed by atoms with E-state index in [-0.39, 0.29) is 0 Å². The van der Waals surface area contributed by atoms with Gasteiger partial charge in [-0.15, -0.1) is 0 Å². The molecule has 0 saturated heterocycles. The smallest absolute Gasteiger partial charge is 0.161 e. The molecule has 0 aromatic heterocycles. The van der Waals surface area contributed by atoms with Crippen molar-refractivity contribution < 1.29 is 9.47 Å². The Balaban J connectivity index is 2.08. The normalized spacial score (nSPS) is 14.0. The molecule has 0 saturated carbocycles. The number of fused-ring (bicyclic) bond motifs is 1. The van der Waals surface area contributed by atoms with Gasteiger partial charge in [0, 0.05) is 6.54 Å². The van der Waals surface area contributed by atoms with E-state index in [9.17, 15) is 0 Å². The van der Waals surface area contributed by atoms with Crippen molar-refractivity contribution >= 4 is 12.6 Å². The van der Waals surface area contributed by atoms with Crippen molar-refractivity contribution in [2.24, 2.45) is 0 Å². The number of nitrogens with zero attached hydrogens (tertiary/aromatic N) is 1. The second-order valence-corrected chi connectivity index (χ2v) is 5.18. The topological polar surface area (TPSA) is 21.7 Å². The molecule has 0 fully saturated rings. The van der Waals surface area contributed by atoms with E-state index in [1.165, 1.54) is 11.1 Å². The van der Waals surface area contributed by atoms with Gasteiger partial charge in [0.15, 0.2) is 11.5 Å². The van der Waals surface area contributed by atoms with Crippen molar-refractivity contribution in [1.29, 1.82) is 0 Å². The first kappa shape index (κ1) is 13.6. The van der Waals surface area contributed by atoms with Gasteiger partial charge >= 0.3 is 0 Å². The number of rotatable bonds is 5. The fourth-order valence-electron chi connectivity index (χ4n) is 2.11. The zero-order chi connectivity index (χ0) is 13.0. The van der Waals surface area contributed by atoms with Gasteiger partial charge in [0.05, 0.1) is 0 Å². The zero-order valence-electron chi connectivity index (χ0n) is 11.1. The van der Waals surface area contributed by atoms with Crippen LogP contribution >= 0.6 is 12.6 Å². The Labute approximate surface area is 114 Å². The third-order valence-electron chi connectivity index (χ3n) is 3.14. The predicted octanol–water partition coefficient (Wildman–Crippen LogP) is 2.52. The first-order valence-electron chi connectivity index (χ1n) is 6.39. The van der Waals surface area contributed by atoms with Crippen molar-refractivity contribution in [3.63, 3.8) is 0 Å². The van der Waals surface area contributed by atoms with Crippen LogP contribution in [-0.4, -0.2) is 37.5 Å². The zero-order valence-corrected chi connectivity index (χ0v) is 12.0. The van der Waals surface area contributed by atoms with Crippen molar-refractivity contribution in [3.05, 3.63) is 23.3 Å². The maximum atomic E-state index is 5.63. The summed E-state index contributed by atoms with van der Waals surface area (Å²) in [6, 6.07) is 4.19. The fraction of sp³-hybridized carbons (Fsp3) is 0.571. The van der Waals surface area contributed by atoms with Crippen LogP contribution in [0.3, 0.4) is 0 Å². The molecule has 2 rings (SSSR count). The molecule has 0 bridgehead atoms. The van der Waals surface area contributed by atoms with Gasteiger partial charge in [-0.3, -0.25) is 0 Å². The highest BCUT2D eigenvalue weighted by Crippen LogP contribution is 2.33. The lowest BCUT2D eigenvalue weighted by Gasteiger charge is -2.22. The van der Waals surface area contributed by atoms with E-state index in [2.05, 4.69) is 43.6 Å². The lowest BCUT2D eigenvalue weighted by Crippen LogP contribution is -2.21. The Hall–Kier alpha value is -0.870. The second-order valence-electron chi connectivity index (χ2n) is 4.74. The number of hydrogen-bond acceptors (Lipinski definition) is 4. The molecule has 3 nitrogen and oxygen atoms in total. The SMILES string of the molecule is Cc1cc2c(cc1CN(C)CCCS)OCCO2. The molecule has 100 valence electrons. The summed E-state index contributed by atoms with van der Waals surface area (Å²) in [5.41, 5.74) is 2.57. The molecule has 0 radical (unpaired) electrons. The maximum Gasteiger partial charge on any atom is 0.161 e. The van der Waals surface area contributed by atoms with Crippen LogP contribution in [0.4, 0.5) is 0 Å².